The van der Waals surface area contributed by atoms with Gasteiger partial charge in [-0.2, -0.15) is 0 Å². The summed E-state index contributed by atoms with van der Waals surface area (Å²) in [6, 6.07) is 10.3. The molecule has 0 atom stereocenters. The van der Waals surface area contributed by atoms with Crippen LogP contribution in [0.4, 0.5) is 0 Å². The number of nitrogens with two attached hydrogens (primary N) is 1. The van der Waals surface area contributed by atoms with E-state index in [0.29, 0.717) is 0 Å². The average molecular weight is 212 g/mol. The third-order valence-corrected chi connectivity index (χ3v) is 3.53. The van der Waals surface area contributed by atoms with Crippen LogP contribution in [-0.4, -0.2) is 10.9 Å². The molecule has 0 saturated carbocycles. The zero-order valence-corrected chi connectivity index (χ0v) is 8.83. The van der Waals surface area contributed by atoms with E-state index in [1.165, 1.54) is 16.4 Å². The molecule has 1 aromatic rings. The second kappa shape index (κ2) is 5.94. The van der Waals surface area contributed by atoms with Crippen molar-refractivity contribution >= 4 is 26.8 Å². The Labute approximate surface area is 86.2 Å². The summed E-state index contributed by atoms with van der Waals surface area (Å²) >= 11 is 0. The van der Waals surface area contributed by atoms with Crippen LogP contribution in [0.2, 0.25) is 0 Å². The highest BCUT2D eigenvalue weighted by Gasteiger charge is 1.94. The van der Waals surface area contributed by atoms with Gasteiger partial charge in [0.1, 0.15) is 0 Å². The smallest absolute Gasteiger partial charge is 0.161 e. The molecule has 0 aliphatic heterocycles. The second-order valence-electron chi connectivity index (χ2n) is 2.51. The van der Waals surface area contributed by atoms with Crippen molar-refractivity contribution in [1.29, 1.82) is 5.41 Å². The van der Waals surface area contributed by atoms with Gasteiger partial charge in [0.05, 0.1) is 0 Å². The maximum atomic E-state index is 7.00. The SMILES string of the molecule is N=C(N)SSCCc1ccccc1. The van der Waals surface area contributed by atoms with Gasteiger partial charge in [0.15, 0.2) is 5.17 Å². The molecule has 0 aliphatic rings. The molecule has 1 rings (SSSR count). The summed E-state index contributed by atoms with van der Waals surface area (Å²) in [4.78, 5) is 0. The highest BCUT2D eigenvalue weighted by atomic mass is 33.1. The Hall–Kier alpha value is -0.610. The third-order valence-electron chi connectivity index (χ3n) is 1.47. The van der Waals surface area contributed by atoms with Crippen LogP contribution < -0.4 is 5.73 Å². The first-order valence-electron chi connectivity index (χ1n) is 3.96. The predicted molar refractivity (Wildman–Crippen MR) is 62.1 cm³/mol. The van der Waals surface area contributed by atoms with E-state index in [-0.39, 0.29) is 5.17 Å². The van der Waals surface area contributed by atoms with E-state index < -0.39 is 0 Å². The number of aryl methyl sites for hydroxylation is 1. The molecule has 0 amide bonds. The molecule has 0 spiro atoms. The Morgan fingerprint density at radius 1 is 1.31 bits per heavy atom. The van der Waals surface area contributed by atoms with E-state index in [1.807, 2.05) is 18.2 Å². The fourth-order valence-electron chi connectivity index (χ4n) is 0.909. The lowest BCUT2D eigenvalue weighted by Crippen LogP contribution is -2.01. The van der Waals surface area contributed by atoms with E-state index in [4.69, 9.17) is 11.1 Å². The van der Waals surface area contributed by atoms with E-state index in [9.17, 15) is 0 Å². The predicted octanol–water partition coefficient (Wildman–Crippen LogP) is 2.50. The summed E-state index contributed by atoms with van der Waals surface area (Å²) in [6.07, 6.45) is 1.03. The van der Waals surface area contributed by atoms with Gasteiger partial charge in [-0.3, -0.25) is 5.41 Å². The van der Waals surface area contributed by atoms with Crippen molar-refractivity contribution in [2.75, 3.05) is 5.75 Å². The van der Waals surface area contributed by atoms with Gasteiger partial charge in [0.25, 0.3) is 0 Å². The molecule has 1 aromatic carbocycles. The van der Waals surface area contributed by atoms with Crippen molar-refractivity contribution in [3.05, 3.63) is 35.9 Å². The van der Waals surface area contributed by atoms with E-state index in [2.05, 4.69) is 12.1 Å². The first-order chi connectivity index (χ1) is 6.29. The van der Waals surface area contributed by atoms with Crippen molar-refractivity contribution in [1.82, 2.24) is 0 Å². The average Bonchev–Trinajstić information content (AvgIpc) is 2.14. The first kappa shape index (κ1) is 10.5. The minimum absolute atomic E-state index is 0.179. The molecule has 2 nitrogen and oxygen atoms in total. The topological polar surface area (TPSA) is 49.9 Å². The molecule has 0 unspecified atom stereocenters. The lowest BCUT2D eigenvalue weighted by atomic mass is 10.2. The van der Waals surface area contributed by atoms with Crippen molar-refractivity contribution in [3.8, 4) is 0 Å². The van der Waals surface area contributed by atoms with Crippen LogP contribution in [0.5, 0.6) is 0 Å². The van der Waals surface area contributed by atoms with Crippen LogP contribution in [0.25, 0.3) is 0 Å². The van der Waals surface area contributed by atoms with Crippen LogP contribution in [-0.2, 0) is 6.42 Å². The molecule has 3 N–H and O–H groups in total. The maximum absolute atomic E-state index is 7.00. The van der Waals surface area contributed by atoms with Gasteiger partial charge in [-0.25, -0.2) is 0 Å². The fourth-order valence-corrected chi connectivity index (χ4v) is 2.32. The van der Waals surface area contributed by atoms with Crippen LogP contribution >= 0.6 is 21.6 Å². The van der Waals surface area contributed by atoms with Crippen LogP contribution in [0.15, 0.2) is 30.3 Å². The second-order valence-corrected chi connectivity index (χ2v) is 4.96. The largest absolute Gasteiger partial charge is 0.378 e. The summed E-state index contributed by atoms with van der Waals surface area (Å²) in [5, 5.41) is 7.18. The number of benzene rings is 1. The molecule has 0 aromatic heterocycles. The molecule has 0 fully saturated rings. The van der Waals surface area contributed by atoms with Crippen LogP contribution in [0, 0.1) is 5.41 Å². The number of nitrogens with one attached hydrogen (secondary N) is 1. The van der Waals surface area contributed by atoms with Gasteiger partial charge < -0.3 is 5.73 Å². The van der Waals surface area contributed by atoms with Gasteiger partial charge in [-0.15, -0.1) is 0 Å². The minimum Gasteiger partial charge on any atom is -0.378 e. The van der Waals surface area contributed by atoms with Gasteiger partial charge in [0.2, 0.25) is 0 Å². The lowest BCUT2D eigenvalue weighted by molar-refractivity contribution is 1.16. The molecule has 0 aliphatic carbocycles. The van der Waals surface area contributed by atoms with E-state index in [0.717, 1.165) is 12.2 Å². The van der Waals surface area contributed by atoms with E-state index >= 15 is 0 Å². The minimum atomic E-state index is 0.179. The Kier molecular flexibility index (Phi) is 4.78. The van der Waals surface area contributed by atoms with Crippen LogP contribution in [0.1, 0.15) is 5.56 Å². The van der Waals surface area contributed by atoms with Gasteiger partial charge >= 0.3 is 0 Å². The fraction of sp³-hybridized carbons (Fsp3) is 0.222. The molecular weight excluding hydrogens is 200 g/mol. The highest BCUT2D eigenvalue weighted by Crippen LogP contribution is 2.21. The van der Waals surface area contributed by atoms with Crippen LogP contribution in [0.3, 0.4) is 0 Å². The normalized spacial score (nSPS) is 9.85. The highest BCUT2D eigenvalue weighted by molar-refractivity contribution is 8.82. The summed E-state index contributed by atoms with van der Waals surface area (Å²) in [7, 11) is 2.95. The van der Waals surface area contributed by atoms with Crippen molar-refractivity contribution in [2.24, 2.45) is 5.73 Å². The third kappa shape index (κ3) is 4.85. The Balaban J connectivity index is 2.17. The Morgan fingerprint density at radius 2 is 2.00 bits per heavy atom. The Morgan fingerprint density at radius 3 is 2.62 bits per heavy atom. The molecule has 4 heteroatoms. The van der Waals surface area contributed by atoms with Gasteiger partial charge in [-0.05, 0) is 22.8 Å². The summed E-state index contributed by atoms with van der Waals surface area (Å²) in [5.41, 5.74) is 6.53. The standard InChI is InChI=1S/C9H12N2S2/c10-9(11)13-12-7-6-8-4-2-1-3-5-8/h1-5H,6-7H2,(H3,10,11). The van der Waals surface area contributed by atoms with Crippen molar-refractivity contribution in [2.45, 2.75) is 6.42 Å². The number of hydrogen-bond donors (Lipinski definition) is 2. The molecular formula is C9H12N2S2. The van der Waals surface area contributed by atoms with Gasteiger partial charge in [0, 0.05) is 5.75 Å². The molecule has 0 saturated heterocycles. The summed E-state index contributed by atoms with van der Waals surface area (Å²) in [5.74, 6) is 0.994. The van der Waals surface area contributed by atoms with E-state index in [1.54, 1.807) is 10.8 Å². The zero-order chi connectivity index (χ0) is 9.52. The summed E-state index contributed by atoms with van der Waals surface area (Å²) in [6.45, 7) is 0. The molecule has 0 bridgehead atoms. The molecule has 13 heavy (non-hydrogen) atoms. The van der Waals surface area contributed by atoms with Crippen molar-refractivity contribution < 1.29 is 0 Å². The van der Waals surface area contributed by atoms with Crippen molar-refractivity contribution in [3.63, 3.8) is 0 Å². The number of hydrogen-bond acceptors (Lipinski definition) is 3. The quantitative estimate of drug-likeness (QED) is 0.349. The maximum Gasteiger partial charge on any atom is 0.161 e. The molecule has 0 heterocycles. The lowest BCUT2D eigenvalue weighted by Gasteiger charge is -1.99. The number of amidine groups is 1. The first-order valence-corrected chi connectivity index (χ1v) is 6.28. The zero-order valence-electron chi connectivity index (χ0n) is 7.19. The molecule has 0 radical (unpaired) electrons. The monoisotopic (exact) mass is 212 g/mol. The molecule has 70 valence electrons. The number of rotatable bonds is 4. The summed E-state index contributed by atoms with van der Waals surface area (Å²) < 4.78 is 0. The Bertz CT molecular complexity index is 262. The van der Waals surface area contributed by atoms with Gasteiger partial charge in [-0.1, -0.05) is 41.1 Å².